The molecular weight excluding hydrogens is 455 g/mol. The monoisotopic (exact) mass is 472 g/mol. The fourth-order valence-corrected chi connectivity index (χ4v) is 2.73. The summed E-state index contributed by atoms with van der Waals surface area (Å²) >= 11 is 2.20. The standard InChI is InChI=1S/C21H17IN2O3/c22-15-10-12-17(13-11-15)23-20(25)14-27-19-9-5-4-8-18(19)21(26)24-16-6-2-1-3-7-16/h1-13H,14H2,(H,23,25)(H,24,26). The lowest BCUT2D eigenvalue weighted by molar-refractivity contribution is -0.118. The number of benzene rings is 3. The van der Waals surface area contributed by atoms with Crippen molar-refractivity contribution in [2.24, 2.45) is 0 Å². The number of ether oxygens (including phenoxy) is 1. The van der Waals surface area contributed by atoms with Crippen molar-refractivity contribution in [1.82, 2.24) is 0 Å². The average Bonchev–Trinajstić information content (AvgIpc) is 2.69. The van der Waals surface area contributed by atoms with Crippen molar-refractivity contribution >= 4 is 45.8 Å². The van der Waals surface area contributed by atoms with E-state index in [4.69, 9.17) is 4.74 Å². The third kappa shape index (κ3) is 5.55. The molecule has 0 aliphatic carbocycles. The molecule has 0 radical (unpaired) electrons. The summed E-state index contributed by atoms with van der Waals surface area (Å²) in [5.41, 5.74) is 1.75. The van der Waals surface area contributed by atoms with Gasteiger partial charge in [-0.25, -0.2) is 0 Å². The van der Waals surface area contributed by atoms with E-state index in [2.05, 4.69) is 33.2 Å². The van der Waals surface area contributed by atoms with E-state index < -0.39 is 0 Å². The summed E-state index contributed by atoms with van der Waals surface area (Å²) in [7, 11) is 0. The van der Waals surface area contributed by atoms with Crippen LogP contribution >= 0.6 is 22.6 Å². The summed E-state index contributed by atoms with van der Waals surface area (Å²) in [6.45, 7) is -0.193. The van der Waals surface area contributed by atoms with Gasteiger partial charge < -0.3 is 15.4 Å². The maximum atomic E-state index is 12.5. The SMILES string of the molecule is O=C(COc1ccccc1C(=O)Nc1ccccc1)Nc1ccc(I)cc1. The highest BCUT2D eigenvalue weighted by Gasteiger charge is 2.13. The van der Waals surface area contributed by atoms with Crippen molar-refractivity contribution in [2.75, 3.05) is 17.2 Å². The van der Waals surface area contributed by atoms with Crippen molar-refractivity contribution in [3.05, 3.63) is 88.0 Å². The molecule has 0 aliphatic rings. The number of anilines is 2. The van der Waals surface area contributed by atoms with Crippen LogP contribution in [0.1, 0.15) is 10.4 Å². The normalized spacial score (nSPS) is 10.1. The first-order chi connectivity index (χ1) is 13.1. The van der Waals surface area contributed by atoms with Gasteiger partial charge in [-0.05, 0) is 71.1 Å². The fraction of sp³-hybridized carbons (Fsp3) is 0.0476. The van der Waals surface area contributed by atoms with Gasteiger partial charge in [-0.15, -0.1) is 0 Å². The van der Waals surface area contributed by atoms with E-state index in [0.29, 0.717) is 22.7 Å². The highest BCUT2D eigenvalue weighted by Crippen LogP contribution is 2.20. The van der Waals surface area contributed by atoms with Crippen LogP contribution in [0.2, 0.25) is 0 Å². The van der Waals surface area contributed by atoms with Crippen LogP contribution < -0.4 is 15.4 Å². The zero-order valence-corrected chi connectivity index (χ0v) is 16.5. The zero-order chi connectivity index (χ0) is 19.1. The number of halogens is 1. The van der Waals surface area contributed by atoms with E-state index in [1.54, 1.807) is 36.4 Å². The van der Waals surface area contributed by atoms with Crippen LogP contribution in [0.5, 0.6) is 5.75 Å². The lowest BCUT2D eigenvalue weighted by Gasteiger charge is -2.12. The van der Waals surface area contributed by atoms with Crippen molar-refractivity contribution in [3.63, 3.8) is 0 Å². The molecule has 0 bridgehead atoms. The second-order valence-corrected chi connectivity index (χ2v) is 6.91. The van der Waals surface area contributed by atoms with Gasteiger partial charge >= 0.3 is 0 Å². The Morgan fingerprint density at radius 2 is 1.41 bits per heavy atom. The number of rotatable bonds is 6. The van der Waals surface area contributed by atoms with E-state index in [9.17, 15) is 9.59 Å². The molecule has 5 nitrogen and oxygen atoms in total. The Bertz CT molecular complexity index is 928. The molecule has 0 saturated heterocycles. The van der Waals surface area contributed by atoms with Gasteiger partial charge in [0.25, 0.3) is 11.8 Å². The van der Waals surface area contributed by atoms with E-state index in [1.165, 1.54) is 0 Å². The van der Waals surface area contributed by atoms with Crippen molar-refractivity contribution < 1.29 is 14.3 Å². The minimum Gasteiger partial charge on any atom is -0.483 e. The molecule has 0 unspecified atom stereocenters. The van der Waals surface area contributed by atoms with Crippen LogP contribution in [0.15, 0.2) is 78.9 Å². The molecule has 0 spiro atoms. The number of carbonyl (C=O) groups is 2. The summed E-state index contributed by atoms with van der Waals surface area (Å²) in [6, 6.07) is 23.4. The fourth-order valence-electron chi connectivity index (χ4n) is 2.37. The Morgan fingerprint density at radius 1 is 0.778 bits per heavy atom. The molecule has 2 amide bonds. The second kappa shape index (κ2) is 9.18. The summed E-state index contributed by atoms with van der Waals surface area (Å²) in [5.74, 6) is -0.243. The predicted octanol–water partition coefficient (Wildman–Crippen LogP) is 4.56. The molecule has 0 saturated carbocycles. The van der Waals surface area contributed by atoms with Crippen LogP contribution in [-0.2, 0) is 4.79 Å². The lowest BCUT2D eigenvalue weighted by Crippen LogP contribution is -2.21. The first-order valence-electron chi connectivity index (χ1n) is 8.25. The van der Waals surface area contributed by atoms with Crippen LogP contribution in [0.4, 0.5) is 11.4 Å². The number of amides is 2. The Balaban J connectivity index is 1.62. The molecule has 0 atom stereocenters. The molecule has 0 fully saturated rings. The summed E-state index contributed by atoms with van der Waals surface area (Å²) in [4.78, 5) is 24.6. The molecule has 0 heterocycles. The van der Waals surface area contributed by atoms with Gasteiger partial charge in [-0.3, -0.25) is 9.59 Å². The third-order valence-corrected chi connectivity index (χ3v) is 4.37. The smallest absolute Gasteiger partial charge is 0.262 e. The minimum atomic E-state index is -0.297. The molecule has 0 aliphatic heterocycles. The lowest BCUT2D eigenvalue weighted by atomic mass is 10.2. The first kappa shape index (κ1) is 18.9. The quantitative estimate of drug-likeness (QED) is 0.517. The largest absolute Gasteiger partial charge is 0.483 e. The highest BCUT2D eigenvalue weighted by molar-refractivity contribution is 14.1. The molecule has 136 valence electrons. The van der Waals surface area contributed by atoms with Crippen molar-refractivity contribution in [2.45, 2.75) is 0 Å². The van der Waals surface area contributed by atoms with Gasteiger partial charge in [0.2, 0.25) is 0 Å². The molecule has 27 heavy (non-hydrogen) atoms. The van der Waals surface area contributed by atoms with Crippen LogP contribution in [0, 0.1) is 3.57 Å². The molecule has 6 heteroatoms. The number of nitrogens with one attached hydrogen (secondary N) is 2. The summed E-state index contributed by atoms with van der Waals surface area (Å²) in [6.07, 6.45) is 0. The maximum Gasteiger partial charge on any atom is 0.262 e. The predicted molar refractivity (Wildman–Crippen MR) is 114 cm³/mol. The van der Waals surface area contributed by atoms with Crippen LogP contribution in [0.3, 0.4) is 0 Å². The Kier molecular flexibility index (Phi) is 6.43. The van der Waals surface area contributed by atoms with E-state index in [1.807, 2.05) is 42.5 Å². The maximum absolute atomic E-state index is 12.5. The van der Waals surface area contributed by atoms with E-state index in [-0.39, 0.29) is 18.4 Å². The molecular formula is C21H17IN2O3. The van der Waals surface area contributed by atoms with Gasteiger partial charge in [0.1, 0.15) is 5.75 Å². The number of hydrogen-bond donors (Lipinski definition) is 2. The van der Waals surface area contributed by atoms with Gasteiger partial charge in [0.05, 0.1) is 5.56 Å². The van der Waals surface area contributed by atoms with Crippen molar-refractivity contribution in [1.29, 1.82) is 0 Å². The number of carbonyl (C=O) groups excluding carboxylic acids is 2. The molecule has 3 aromatic rings. The third-order valence-electron chi connectivity index (χ3n) is 3.65. The molecule has 3 rings (SSSR count). The van der Waals surface area contributed by atoms with Crippen molar-refractivity contribution in [3.8, 4) is 5.75 Å². The minimum absolute atomic E-state index is 0.193. The Hall–Kier alpha value is -2.87. The van der Waals surface area contributed by atoms with Crippen LogP contribution in [-0.4, -0.2) is 18.4 Å². The van der Waals surface area contributed by atoms with Gasteiger partial charge in [-0.1, -0.05) is 30.3 Å². The van der Waals surface area contributed by atoms with Gasteiger partial charge in [0.15, 0.2) is 6.61 Å². The zero-order valence-electron chi connectivity index (χ0n) is 14.3. The highest BCUT2D eigenvalue weighted by atomic mass is 127. The summed E-state index contributed by atoms with van der Waals surface area (Å²) in [5, 5.41) is 5.57. The molecule has 2 N–H and O–H groups in total. The van der Waals surface area contributed by atoms with Gasteiger partial charge in [0, 0.05) is 14.9 Å². The molecule has 0 aromatic heterocycles. The topological polar surface area (TPSA) is 67.4 Å². The summed E-state index contributed by atoms with van der Waals surface area (Å²) < 4.78 is 6.66. The Labute approximate surface area is 170 Å². The average molecular weight is 472 g/mol. The Morgan fingerprint density at radius 3 is 2.15 bits per heavy atom. The van der Waals surface area contributed by atoms with Crippen LogP contribution in [0.25, 0.3) is 0 Å². The number of hydrogen-bond acceptors (Lipinski definition) is 3. The van der Waals surface area contributed by atoms with Gasteiger partial charge in [-0.2, -0.15) is 0 Å². The van der Waals surface area contributed by atoms with E-state index in [0.717, 1.165) is 3.57 Å². The van der Waals surface area contributed by atoms with E-state index >= 15 is 0 Å². The first-order valence-corrected chi connectivity index (χ1v) is 9.33. The molecule has 3 aromatic carbocycles. The second-order valence-electron chi connectivity index (χ2n) is 5.66. The number of para-hydroxylation sites is 2.